The van der Waals surface area contributed by atoms with Crippen molar-refractivity contribution in [3.05, 3.63) is 12.3 Å². The zero-order valence-corrected chi connectivity index (χ0v) is 7.76. The van der Waals surface area contributed by atoms with E-state index in [9.17, 15) is 0 Å². The summed E-state index contributed by atoms with van der Waals surface area (Å²) in [7, 11) is 1.98. The van der Waals surface area contributed by atoms with Gasteiger partial charge in [0.2, 0.25) is 0 Å². The quantitative estimate of drug-likeness (QED) is 0.345. The molecular formula is C9H16N2. The molecule has 11 heavy (non-hydrogen) atoms. The number of hydrazine groups is 1. The van der Waals surface area contributed by atoms with Gasteiger partial charge in [0.15, 0.2) is 0 Å². The molecular weight excluding hydrogens is 136 g/mol. The molecule has 0 spiro atoms. The first-order valence-electron chi connectivity index (χ1n) is 3.81. The molecule has 0 bridgehead atoms. The Bertz CT molecular complexity index is 174. The van der Waals surface area contributed by atoms with Crippen LogP contribution in [0.15, 0.2) is 12.3 Å². The Morgan fingerprint density at radius 1 is 1.45 bits per heavy atom. The van der Waals surface area contributed by atoms with Crippen LogP contribution in [0.5, 0.6) is 0 Å². The van der Waals surface area contributed by atoms with Gasteiger partial charge in [0.25, 0.3) is 0 Å². The fourth-order valence-corrected chi connectivity index (χ4v) is 0.806. The maximum atomic E-state index is 2.97. The molecule has 0 saturated carbocycles. The van der Waals surface area contributed by atoms with Gasteiger partial charge in [-0.25, -0.2) is 5.01 Å². The molecule has 0 rings (SSSR count). The van der Waals surface area contributed by atoms with Gasteiger partial charge in [0.1, 0.15) is 0 Å². The van der Waals surface area contributed by atoms with Crippen LogP contribution >= 0.6 is 0 Å². The predicted octanol–water partition coefficient (Wildman–Crippen LogP) is 1.67. The Kier molecular flexibility index (Phi) is 5.10. The smallest absolute Gasteiger partial charge is 0.0455 e. The molecule has 0 radical (unpaired) electrons. The van der Waals surface area contributed by atoms with Crippen LogP contribution in [0.1, 0.15) is 20.8 Å². The van der Waals surface area contributed by atoms with E-state index in [2.05, 4.69) is 18.9 Å². The molecule has 2 nitrogen and oxygen atoms in total. The Hall–Kier alpha value is -1.10. The molecule has 0 aliphatic heterocycles. The summed E-state index contributed by atoms with van der Waals surface area (Å²) in [5, 5.41) is 3.91. The van der Waals surface area contributed by atoms with Gasteiger partial charge in [0, 0.05) is 25.8 Å². The minimum Gasteiger partial charge on any atom is -0.289 e. The number of hydrogen-bond acceptors (Lipinski definition) is 2. The van der Waals surface area contributed by atoms with Crippen molar-refractivity contribution in [2.45, 2.75) is 20.8 Å². The van der Waals surface area contributed by atoms with Crippen LogP contribution in [0.3, 0.4) is 0 Å². The van der Waals surface area contributed by atoms with E-state index in [1.54, 1.807) is 0 Å². The lowest BCUT2D eigenvalue weighted by Crippen LogP contribution is -2.31. The van der Waals surface area contributed by atoms with Gasteiger partial charge in [-0.2, -0.15) is 0 Å². The molecule has 0 N–H and O–H groups in total. The van der Waals surface area contributed by atoms with E-state index in [0.717, 1.165) is 6.54 Å². The van der Waals surface area contributed by atoms with Crippen LogP contribution in [0, 0.1) is 12.0 Å². The van der Waals surface area contributed by atoms with Gasteiger partial charge in [-0.3, -0.25) is 5.01 Å². The molecule has 0 aromatic heterocycles. The number of hydrogen-bond donors (Lipinski definition) is 0. The second-order valence-electron chi connectivity index (χ2n) is 2.13. The maximum absolute atomic E-state index is 2.97. The molecule has 0 unspecified atom stereocenters. The van der Waals surface area contributed by atoms with Crippen LogP contribution in [0.4, 0.5) is 0 Å². The monoisotopic (exact) mass is 152 g/mol. The molecule has 0 amide bonds. The molecule has 62 valence electrons. The Balaban J connectivity index is 4.09. The molecule has 0 aliphatic rings. The highest BCUT2D eigenvalue weighted by atomic mass is 15.6. The standard InChI is InChI=1S/C9H16N2/c1-5-8-10(4)11(7-3)9-6-2/h5,8H,7H2,1-4H3. The first kappa shape index (κ1) is 9.90. The molecule has 0 aliphatic carbocycles. The Morgan fingerprint density at radius 3 is 2.45 bits per heavy atom. The van der Waals surface area contributed by atoms with E-state index in [0.29, 0.717) is 0 Å². The SMILES string of the molecule is CC#CN(CC)N(C)C=CC. The van der Waals surface area contributed by atoms with Crippen LogP contribution < -0.4 is 0 Å². The van der Waals surface area contributed by atoms with E-state index >= 15 is 0 Å². The average Bonchev–Trinajstić information content (AvgIpc) is 2.00. The number of allylic oxidation sites excluding steroid dienone is 1. The lowest BCUT2D eigenvalue weighted by molar-refractivity contribution is 0.130. The first-order valence-corrected chi connectivity index (χ1v) is 3.81. The summed E-state index contributed by atoms with van der Waals surface area (Å²) in [4.78, 5) is 0. The molecule has 0 saturated heterocycles. The molecule has 0 atom stereocenters. The van der Waals surface area contributed by atoms with Gasteiger partial charge >= 0.3 is 0 Å². The average molecular weight is 152 g/mol. The third-order valence-electron chi connectivity index (χ3n) is 1.29. The zero-order chi connectivity index (χ0) is 8.69. The zero-order valence-electron chi connectivity index (χ0n) is 7.76. The molecule has 0 heterocycles. The number of rotatable bonds is 3. The molecule has 2 heteroatoms. The van der Waals surface area contributed by atoms with E-state index in [1.165, 1.54) is 0 Å². The highest BCUT2D eigenvalue weighted by molar-refractivity contribution is 4.94. The highest BCUT2D eigenvalue weighted by Gasteiger charge is 1.96. The van der Waals surface area contributed by atoms with Crippen molar-refractivity contribution in [2.24, 2.45) is 0 Å². The van der Waals surface area contributed by atoms with E-state index in [4.69, 9.17) is 0 Å². The number of nitrogens with zero attached hydrogens (tertiary/aromatic N) is 2. The summed E-state index contributed by atoms with van der Waals surface area (Å²) < 4.78 is 0. The minimum absolute atomic E-state index is 0.904. The second-order valence-corrected chi connectivity index (χ2v) is 2.13. The van der Waals surface area contributed by atoms with Gasteiger partial charge in [-0.05, 0) is 20.8 Å². The van der Waals surface area contributed by atoms with Crippen LogP contribution in [0.2, 0.25) is 0 Å². The van der Waals surface area contributed by atoms with Gasteiger partial charge in [0.05, 0.1) is 0 Å². The molecule has 0 fully saturated rings. The van der Waals surface area contributed by atoms with Crippen molar-refractivity contribution < 1.29 is 0 Å². The summed E-state index contributed by atoms with van der Waals surface area (Å²) in [5.74, 6) is 2.86. The predicted molar refractivity (Wildman–Crippen MR) is 48.4 cm³/mol. The maximum Gasteiger partial charge on any atom is 0.0455 e. The van der Waals surface area contributed by atoms with E-state index in [-0.39, 0.29) is 0 Å². The van der Waals surface area contributed by atoms with Crippen LogP contribution in [-0.2, 0) is 0 Å². The van der Waals surface area contributed by atoms with E-state index < -0.39 is 0 Å². The Morgan fingerprint density at radius 2 is 2.09 bits per heavy atom. The Labute approximate surface area is 69.5 Å². The fourth-order valence-electron chi connectivity index (χ4n) is 0.806. The molecule has 0 aromatic rings. The minimum atomic E-state index is 0.904. The van der Waals surface area contributed by atoms with Crippen molar-refractivity contribution >= 4 is 0 Å². The van der Waals surface area contributed by atoms with Crippen molar-refractivity contribution in [1.82, 2.24) is 10.0 Å². The van der Waals surface area contributed by atoms with Crippen molar-refractivity contribution in [3.8, 4) is 12.0 Å². The first-order chi connectivity index (χ1) is 5.26. The third kappa shape index (κ3) is 3.57. The van der Waals surface area contributed by atoms with Gasteiger partial charge in [-0.15, -0.1) is 0 Å². The summed E-state index contributed by atoms with van der Waals surface area (Å²) in [5.41, 5.74) is 0. The normalized spacial score (nSPS) is 9.09. The van der Waals surface area contributed by atoms with E-state index in [1.807, 2.05) is 43.2 Å². The summed E-state index contributed by atoms with van der Waals surface area (Å²) >= 11 is 0. The second kappa shape index (κ2) is 5.67. The summed E-state index contributed by atoms with van der Waals surface area (Å²) in [6, 6.07) is 2.97. The summed E-state index contributed by atoms with van der Waals surface area (Å²) in [6.45, 7) is 6.81. The van der Waals surface area contributed by atoms with Gasteiger partial charge in [-0.1, -0.05) is 12.0 Å². The molecule has 0 aromatic carbocycles. The highest BCUT2D eigenvalue weighted by Crippen LogP contribution is 1.92. The lowest BCUT2D eigenvalue weighted by Gasteiger charge is -2.25. The lowest BCUT2D eigenvalue weighted by atomic mass is 10.6. The van der Waals surface area contributed by atoms with Gasteiger partial charge < -0.3 is 0 Å². The largest absolute Gasteiger partial charge is 0.289 e. The fraction of sp³-hybridized carbons (Fsp3) is 0.556. The topological polar surface area (TPSA) is 6.48 Å². The van der Waals surface area contributed by atoms with Crippen molar-refractivity contribution in [1.29, 1.82) is 0 Å². The van der Waals surface area contributed by atoms with Crippen molar-refractivity contribution in [2.75, 3.05) is 13.6 Å². The third-order valence-corrected chi connectivity index (χ3v) is 1.29. The van der Waals surface area contributed by atoms with Crippen molar-refractivity contribution in [3.63, 3.8) is 0 Å². The van der Waals surface area contributed by atoms with Crippen LogP contribution in [0.25, 0.3) is 0 Å². The summed E-state index contributed by atoms with van der Waals surface area (Å²) in [6.07, 6.45) is 3.97. The van der Waals surface area contributed by atoms with Crippen LogP contribution in [-0.4, -0.2) is 23.6 Å².